The van der Waals surface area contributed by atoms with Crippen molar-refractivity contribution in [1.82, 2.24) is 15.1 Å². The van der Waals surface area contributed by atoms with Gasteiger partial charge in [-0.25, -0.2) is 0 Å². The molecule has 0 aromatic heterocycles. The van der Waals surface area contributed by atoms with E-state index in [0.717, 1.165) is 12.0 Å². The fraction of sp³-hybridized carbons (Fsp3) is 1.00. The molecule has 2 fully saturated rings. The second kappa shape index (κ2) is 5.28. The van der Waals surface area contributed by atoms with Crippen LogP contribution in [-0.4, -0.2) is 62.7 Å². The number of likely N-dealkylation sites (tertiary alicyclic amines) is 1. The van der Waals surface area contributed by atoms with Gasteiger partial charge in [-0.05, 0) is 52.4 Å². The van der Waals surface area contributed by atoms with Crippen molar-refractivity contribution in [1.29, 1.82) is 0 Å². The molecule has 0 bridgehead atoms. The molecule has 2 aliphatic heterocycles. The van der Waals surface area contributed by atoms with E-state index in [1.54, 1.807) is 0 Å². The van der Waals surface area contributed by atoms with Gasteiger partial charge in [0.1, 0.15) is 0 Å². The Balaban J connectivity index is 1.63. The van der Waals surface area contributed by atoms with E-state index in [9.17, 15) is 0 Å². The lowest BCUT2D eigenvalue weighted by Gasteiger charge is -2.37. The summed E-state index contributed by atoms with van der Waals surface area (Å²) in [6, 6.07) is 0.811. The quantitative estimate of drug-likeness (QED) is 0.735. The number of likely N-dealkylation sites (N-methyl/N-ethyl adjacent to an activating group) is 1. The molecular formula is C12H25N3. The lowest BCUT2D eigenvalue weighted by molar-refractivity contribution is 0.146. The van der Waals surface area contributed by atoms with Crippen LogP contribution in [-0.2, 0) is 0 Å². The first kappa shape index (κ1) is 11.4. The highest BCUT2D eigenvalue weighted by Crippen LogP contribution is 2.19. The van der Waals surface area contributed by atoms with E-state index in [1.807, 2.05) is 0 Å². The second-order valence-electron chi connectivity index (χ2n) is 5.35. The van der Waals surface area contributed by atoms with Gasteiger partial charge in [0.15, 0.2) is 0 Å². The number of rotatable bonds is 4. The highest BCUT2D eigenvalue weighted by Gasteiger charge is 2.23. The lowest BCUT2D eigenvalue weighted by atomic mass is 9.94. The first-order valence-electron chi connectivity index (χ1n) is 6.35. The smallest absolute Gasteiger partial charge is 0.0342 e. The Labute approximate surface area is 93.8 Å². The van der Waals surface area contributed by atoms with Crippen LogP contribution in [0.15, 0.2) is 0 Å². The zero-order chi connectivity index (χ0) is 10.7. The molecule has 3 heteroatoms. The number of hydrogen-bond acceptors (Lipinski definition) is 3. The normalized spacial score (nSPS) is 29.4. The Morgan fingerprint density at radius 1 is 1.40 bits per heavy atom. The van der Waals surface area contributed by atoms with Crippen molar-refractivity contribution in [2.75, 3.05) is 46.8 Å². The molecule has 2 saturated heterocycles. The summed E-state index contributed by atoms with van der Waals surface area (Å²) in [7, 11) is 4.53. The van der Waals surface area contributed by atoms with Crippen LogP contribution in [0.25, 0.3) is 0 Å². The van der Waals surface area contributed by atoms with E-state index in [-0.39, 0.29) is 0 Å². The van der Waals surface area contributed by atoms with Crippen molar-refractivity contribution in [2.45, 2.75) is 25.3 Å². The molecule has 88 valence electrons. The maximum absolute atomic E-state index is 3.34. The van der Waals surface area contributed by atoms with Crippen molar-refractivity contribution in [3.05, 3.63) is 0 Å². The molecule has 0 aromatic carbocycles. The predicted octanol–water partition coefficient (Wildman–Crippen LogP) is 0.622. The first-order chi connectivity index (χ1) is 7.25. The predicted molar refractivity (Wildman–Crippen MR) is 64.1 cm³/mol. The van der Waals surface area contributed by atoms with Crippen LogP contribution >= 0.6 is 0 Å². The number of piperidine rings is 1. The monoisotopic (exact) mass is 211 g/mol. The molecule has 3 nitrogen and oxygen atoms in total. The molecule has 15 heavy (non-hydrogen) atoms. The molecule has 2 rings (SSSR count). The summed E-state index contributed by atoms with van der Waals surface area (Å²) >= 11 is 0. The van der Waals surface area contributed by atoms with Crippen molar-refractivity contribution in [3.8, 4) is 0 Å². The van der Waals surface area contributed by atoms with Crippen LogP contribution in [0.4, 0.5) is 0 Å². The number of nitrogens with zero attached hydrogens (tertiary/aromatic N) is 2. The molecule has 0 spiro atoms. The third-order valence-corrected chi connectivity index (χ3v) is 4.00. The second-order valence-corrected chi connectivity index (χ2v) is 5.35. The SMILES string of the molecule is CN1CCCC(CCN(C)C2CNC2)C1. The highest BCUT2D eigenvalue weighted by molar-refractivity contribution is 4.83. The minimum absolute atomic E-state index is 0.811. The first-order valence-corrected chi connectivity index (χ1v) is 6.35. The van der Waals surface area contributed by atoms with Gasteiger partial charge in [-0.15, -0.1) is 0 Å². The van der Waals surface area contributed by atoms with Gasteiger partial charge in [-0.2, -0.15) is 0 Å². The maximum Gasteiger partial charge on any atom is 0.0342 e. The van der Waals surface area contributed by atoms with E-state index >= 15 is 0 Å². The Bertz CT molecular complexity index is 191. The molecule has 1 unspecified atom stereocenters. The lowest BCUT2D eigenvalue weighted by Crippen LogP contribution is -2.56. The van der Waals surface area contributed by atoms with Crippen LogP contribution in [0, 0.1) is 5.92 Å². The minimum atomic E-state index is 0.811. The van der Waals surface area contributed by atoms with Gasteiger partial charge in [0.2, 0.25) is 0 Å². The molecule has 1 atom stereocenters. The molecule has 1 N–H and O–H groups in total. The van der Waals surface area contributed by atoms with E-state index in [1.165, 1.54) is 52.0 Å². The van der Waals surface area contributed by atoms with Gasteiger partial charge in [0.25, 0.3) is 0 Å². The summed E-state index contributed by atoms with van der Waals surface area (Å²) < 4.78 is 0. The molecule has 0 aromatic rings. The van der Waals surface area contributed by atoms with E-state index in [4.69, 9.17) is 0 Å². The Kier molecular flexibility index (Phi) is 4.00. The number of hydrogen-bond donors (Lipinski definition) is 1. The van der Waals surface area contributed by atoms with Gasteiger partial charge in [0, 0.05) is 25.7 Å². The molecule has 2 aliphatic rings. The van der Waals surface area contributed by atoms with Crippen LogP contribution < -0.4 is 5.32 Å². The van der Waals surface area contributed by atoms with E-state index < -0.39 is 0 Å². The zero-order valence-electron chi connectivity index (χ0n) is 10.2. The highest BCUT2D eigenvalue weighted by atomic mass is 15.2. The Morgan fingerprint density at radius 3 is 2.80 bits per heavy atom. The van der Waals surface area contributed by atoms with Crippen molar-refractivity contribution >= 4 is 0 Å². The van der Waals surface area contributed by atoms with Crippen molar-refractivity contribution in [3.63, 3.8) is 0 Å². The topological polar surface area (TPSA) is 18.5 Å². The van der Waals surface area contributed by atoms with Gasteiger partial charge in [-0.1, -0.05) is 0 Å². The van der Waals surface area contributed by atoms with E-state index in [0.29, 0.717) is 0 Å². The van der Waals surface area contributed by atoms with Crippen LogP contribution in [0.2, 0.25) is 0 Å². The van der Waals surface area contributed by atoms with Gasteiger partial charge in [-0.3, -0.25) is 0 Å². The number of nitrogens with one attached hydrogen (secondary N) is 1. The minimum Gasteiger partial charge on any atom is -0.314 e. The van der Waals surface area contributed by atoms with Crippen molar-refractivity contribution < 1.29 is 0 Å². The zero-order valence-corrected chi connectivity index (χ0v) is 10.2. The third kappa shape index (κ3) is 3.16. The standard InChI is InChI=1S/C12H25N3/c1-14-6-3-4-11(10-14)5-7-15(2)12-8-13-9-12/h11-13H,3-10H2,1-2H3. The average molecular weight is 211 g/mol. The Morgan fingerprint density at radius 2 is 2.20 bits per heavy atom. The molecular weight excluding hydrogens is 186 g/mol. The van der Waals surface area contributed by atoms with Gasteiger partial charge in [0.05, 0.1) is 0 Å². The molecule has 0 aliphatic carbocycles. The van der Waals surface area contributed by atoms with Crippen LogP contribution in [0.5, 0.6) is 0 Å². The van der Waals surface area contributed by atoms with Gasteiger partial charge >= 0.3 is 0 Å². The average Bonchev–Trinajstić information content (AvgIpc) is 2.12. The summed E-state index contributed by atoms with van der Waals surface area (Å²) in [5.74, 6) is 0.944. The molecule has 0 radical (unpaired) electrons. The largest absolute Gasteiger partial charge is 0.314 e. The fourth-order valence-electron chi connectivity index (χ4n) is 2.66. The summed E-state index contributed by atoms with van der Waals surface area (Å²) in [5.41, 5.74) is 0. The molecule has 2 heterocycles. The molecule has 0 saturated carbocycles. The maximum atomic E-state index is 3.34. The van der Waals surface area contributed by atoms with Crippen LogP contribution in [0.3, 0.4) is 0 Å². The van der Waals surface area contributed by atoms with Crippen LogP contribution in [0.1, 0.15) is 19.3 Å². The Hall–Kier alpha value is -0.120. The van der Waals surface area contributed by atoms with Crippen molar-refractivity contribution in [2.24, 2.45) is 5.92 Å². The fourth-order valence-corrected chi connectivity index (χ4v) is 2.66. The molecule has 0 amide bonds. The van der Waals surface area contributed by atoms with E-state index in [2.05, 4.69) is 29.2 Å². The summed E-state index contributed by atoms with van der Waals surface area (Å²) in [5, 5.41) is 3.34. The third-order valence-electron chi connectivity index (χ3n) is 4.00. The summed E-state index contributed by atoms with van der Waals surface area (Å²) in [6.07, 6.45) is 4.23. The summed E-state index contributed by atoms with van der Waals surface area (Å²) in [6.45, 7) is 6.29. The summed E-state index contributed by atoms with van der Waals surface area (Å²) in [4.78, 5) is 5.02. The van der Waals surface area contributed by atoms with Gasteiger partial charge < -0.3 is 15.1 Å².